The molecule has 8 nitrogen and oxygen atoms in total. The van der Waals surface area contributed by atoms with Gasteiger partial charge in [-0.05, 0) is 36.8 Å². The second-order valence-electron chi connectivity index (χ2n) is 10.0. The maximum absolute atomic E-state index is 15.2. The van der Waals surface area contributed by atoms with E-state index in [2.05, 4.69) is 25.0 Å². The zero-order valence-corrected chi connectivity index (χ0v) is 21.6. The van der Waals surface area contributed by atoms with E-state index < -0.39 is 0 Å². The van der Waals surface area contributed by atoms with Crippen LogP contribution in [0.3, 0.4) is 0 Å². The van der Waals surface area contributed by atoms with Crippen LogP contribution in [0.5, 0.6) is 0 Å². The van der Waals surface area contributed by atoms with Crippen molar-refractivity contribution in [3.63, 3.8) is 0 Å². The number of pyridine rings is 2. The number of aromatic nitrogens is 5. The average Bonchev–Trinajstić information content (AvgIpc) is 3.55. The number of nitrogens with one attached hydrogen (secondary N) is 1. The molecular weight excluding hydrogens is 500 g/mol. The van der Waals surface area contributed by atoms with Crippen molar-refractivity contribution in [2.24, 2.45) is 0 Å². The molecule has 1 fully saturated rings. The SMILES string of the molecule is CC(O)CN1CCN(c2ncc(-c3cnc4[nH]cc(-c5cnn(Cc6cccc(F)c6)c5)c4c3)cc2F)CC1. The highest BCUT2D eigenvalue weighted by atomic mass is 19.1. The number of β-amino-alcohol motifs (C(OH)–C–C–N with tert-alkyl or cyclic N) is 1. The molecule has 5 aromatic rings. The van der Waals surface area contributed by atoms with Crippen LogP contribution in [0, 0.1) is 11.6 Å². The highest BCUT2D eigenvalue weighted by Gasteiger charge is 2.22. The van der Waals surface area contributed by atoms with Gasteiger partial charge in [-0.1, -0.05) is 12.1 Å². The number of piperazine rings is 1. The fourth-order valence-electron chi connectivity index (χ4n) is 5.15. The Balaban J connectivity index is 1.22. The standard InChI is InChI=1S/C29H29F2N7O/c1-19(39)16-36-5-7-37(8-6-36)29-27(31)11-22(13-34-29)21-10-25-26(15-33-28(25)32-12-21)23-14-35-38(18-23)17-20-3-2-4-24(30)9-20/h2-4,9-15,18-19,39H,5-8,16-17H2,1H3,(H,32,33). The van der Waals surface area contributed by atoms with Gasteiger partial charge in [0.05, 0.1) is 18.8 Å². The molecule has 0 radical (unpaired) electrons. The zero-order valence-electron chi connectivity index (χ0n) is 21.6. The number of aromatic amines is 1. The minimum Gasteiger partial charge on any atom is -0.392 e. The number of anilines is 1. The molecule has 0 bridgehead atoms. The third-order valence-electron chi connectivity index (χ3n) is 7.06. The lowest BCUT2D eigenvalue weighted by molar-refractivity contribution is 0.122. The Bertz CT molecular complexity index is 1600. The number of rotatable bonds is 7. The van der Waals surface area contributed by atoms with E-state index in [1.165, 1.54) is 18.2 Å². The molecule has 0 saturated carbocycles. The van der Waals surface area contributed by atoms with Gasteiger partial charge in [0.1, 0.15) is 11.5 Å². The number of hydrogen-bond acceptors (Lipinski definition) is 6. The Morgan fingerprint density at radius 1 is 0.974 bits per heavy atom. The fraction of sp³-hybridized carbons (Fsp3) is 0.276. The van der Waals surface area contributed by atoms with Crippen LogP contribution < -0.4 is 4.90 Å². The summed E-state index contributed by atoms with van der Waals surface area (Å²) in [4.78, 5) is 16.3. The van der Waals surface area contributed by atoms with Gasteiger partial charge in [0.25, 0.3) is 0 Å². The second kappa shape index (κ2) is 10.5. The Hall–Kier alpha value is -4.15. The summed E-state index contributed by atoms with van der Waals surface area (Å²) in [6.07, 6.45) is 8.58. The summed E-state index contributed by atoms with van der Waals surface area (Å²) in [6, 6.07) is 9.96. The van der Waals surface area contributed by atoms with Crippen molar-refractivity contribution in [2.45, 2.75) is 19.6 Å². The smallest absolute Gasteiger partial charge is 0.166 e. The van der Waals surface area contributed by atoms with Crippen molar-refractivity contribution in [1.82, 2.24) is 29.6 Å². The summed E-state index contributed by atoms with van der Waals surface area (Å²) < 4.78 is 30.5. The average molecular weight is 530 g/mol. The molecule has 1 unspecified atom stereocenters. The van der Waals surface area contributed by atoms with Crippen LogP contribution in [0.15, 0.2) is 67.4 Å². The molecule has 5 heterocycles. The third kappa shape index (κ3) is 5.39. The number of fused-ring (bicyclic) bond motifs is 1. The van der Waals surface area contributed by atoms with E-state index in [1.54, 1.807) is 36.3 Å². The first-order valence-corrected chi connectivity index (χ1v) is 13.0. The number of aliphatic hydroxyl groups is 1. The monoisotopic (exact) mass is 529 g/mol. The number of halogens is 2. The molecular formula is C29H29F2N7O. The van der Waals surface area contributed by atoms with Crippen LogP contribution >= 0.6 is 0 Å². The van der Waals surface area contributed by atoms with Crippen molar-refractivity contribution in [3.8, 4) is 22.3 Å². The summed E-state index contributed by atoms with van der Waals surface area (Å²) >= 11 is 0. The van der Waals surface area contributed by atoms with Crippen LogP contribution in [0.25, 0.3) is 33.3 Å². The van der Waals surface area contributed by atoms with E-state index in [0.29, 0.717) is 43.2 Å². The van der Waals surface area contributed by atoms with Gasteiger partial charge in [0.15, 0.2) is 11.6 Å². The third-order valence-corrected chi connectivity index (χ3v) is 7.06. The molecule has 2 N–H and O–H groups in total. The molecule has 39 heavy (non-hydrogen) atoms. The van der Waals surface area contributed by atoms with E-state index in [4.69, 9.17) is 0 Å². The lowest BCUT2D eigenvalue weighted by Crippen LogP contribution is -2.48. The first-order valence-electron chi connectivity index (χ1n) is 13.0. The molecule has 0 aliphatic carbocycles. The summed E-state index contributed by atoms with van der Waals surface area (Å²) in [5, 5.41) is 15.0. The van der Waals surface area contributed by atoms with Crippen LogP contribution in [-0.4, -0.2) is 73.6 Å². The van der Waals surface area contributed by atoms with Gasteiger partial charge in [-0.3, -0.25) is 9.58 Å². The van der Waals surface area contributed by atoms with Crippen molar-refractivity contribution in [3.05, 3.63) is 84.6 Å². The quantitative estimate of drug-likeness (QED) is 0.327. The van der Waals surface area contributed by atoms with Gasteiger partial charge >= 0.3 is 0 Å². The van der Waals surface area contributed by atoms with Gasteiger partial charge in [-0.25, -0.2) is 18.7 Å². The zero-order chi connectivity index (χ0) is 26.9. The summed E-state index contributed by atoms with van der Waals surface area (Å²) in [7, 11) is 0. The normalized spacial score (nSPS) is 15.2. The topological polar surface area (TPSA) is 86.1 Å². The number of benzene rings is 1. The predicted octanol–water partition coefficient (Wildman–Crippen LogP) is 4.32. The van der Waals surface area contributed by atoms with Gasteiger partial charge in [0.2, 0.25) is 0 Å². The maximum Gasteiger partial charge on any atom is 0.166 e. The predicted molar refractivity (Wildman–Crippen MR) is 146 cm³/mol. The molecule has 4 aromatic heterocycles. The summed E-state index contributed by atoms with van der Waals surface area (Å²) in [6.45, 7) is 5.67. The molecule has 10 heteroatoms. The van der Waals surface area contributed by atoms with E-state index in [1.807, 2.05) is 29.4 Å². The van der Waals surface area contributed by atoms with Crippen LogP contribution in [0.2, 0.25) is 0 Å². The van der Waals surface area contributed by atoms with Gasteiger partial charge in [0, 0.05) is 85.2 Å². The molecule has 0 amide bonds. The summed E-state index contributed by atoms with van der Waals surface area (Å²) in [5.74, 6) is -0.300. The Morgan fingerprint density at radius 3 is 2.54 bits per heavy atom. The number of hydrogen-bond donors (Lipinski definition) is 2. The molecule has 1 aromatic carbocycles. The first-order chi connectivity index (χ1) is 18.9. The van der Waals surface area contributed by atoms with Crippen LogP contribution in [0.1, 0.15) is 12.5 Å². The Labute approximate surface area is 224 Å². The molecule has 6 rings (SSSR count). The first kappa shape index (κ1) is 25.1. The molecule has 0 spiro atoms. The largest absolute Gasteiger partial charge is 0.392 e. The van der Waals surface area contributed by atoms with Crippen molar-refractivity contribution in [2.75, 3.05) is 37.6 Å². The Morgan fingerprint density at radius 2 is 1.77 bits per heavy atom. The lowest BCUT2D eigenvalue weighted by atomic mass is 10.1. The van der Waals surface area contributed by atoms with Crippen molar-refractivity contribution >= 4 is 16.9 Å². The minimum atomic E-state index is -0.381. The molecule has 1 aliphatic rings. The van der Waals surface area contributed by atoms with E-state index in [9.17, 15) is 9.50 Å². The summed E-state index contributed by atoms with van der Waals surface area (Å²) in [5.41, 5.74) is 4.76. The van der Waals surface area contributed by atoms with Gasteiger partial charge in [-0.2, -0.15) is 5.10 Å². The van der Waals surface area contributed by atoms with E-state index in [-0.39, 0.29) is 17.7 Å². The maximum atomic E-state index is 15.2. The fourth-order valence-corrected chi connectivity index (χ4v) is 5.15. The second-order valence-corrected chi connectivity index (χ2v) is 10.0. The van der Waals surface area contributed by atoms with Gasteiger partial charge in [-0.15, -0.1) is 0 Å². The molecule has 200 valence electrons. The highest BCUT2D eigenvalue weighted by molar-refractivity contribution is 5.95. The lowest BCUT2D eigenvalue weighted by Gasteiger charge is -2.36. The van der Waals surface area contributed by atoms with Crippen LogP contribution in [-0.2, 0) is 6.54 Å². The molecule has 1 aliphatic heterocycles. The number of H-pyrrole nitrogens is 1. The van der Waals surface area contributed by atoms with Crippen molar-refractivity contribution in [1.29, 1.82) is 0 Å². The molecule has 1 atom stereocenters. The van der Waals surface area contributed by atoms with Crippen molar-refractivity contribution < 1.29 is 13.9 Å². The highest BCUT2D eigenvalue weighted by Crippen LogP contribution is 2.32. The number of nitrogens with zero attached hydrogens (tertiary/aromatic N) is 6. The van der Waals surface area contributed by atoms with Crippen LogP contribution in [0.4, 0.5) is 14.6 Å². The van der Waals surface area contributed by atoms with E-state index in [0.717, 1.165) is 40.7 Å². The minimum absolute atomic E-state index is 0.274. The van der Waals surface area contributed by atoms with Gasteiger partial charge < -0.3 is 15.0 Å². The molecule has 1 saturated heterocycles. The Kier molecular flexibility index (Phi) is 6.80. The van der Waals surface area contributed by atoms with E-state index >= 15 is 4.39 Å². The number of aliphatic hydroxyl groups excluding tert-OH is 1.